The van der Waals surface area contributed by atoms with Gasteiger partial charge in [0.1, 0.15) is 0 Å². The third-order valence-electron chi connectivity index (χ3n) is 3.47. The van der Waals surface area contributed by atoms with Crippen molar-refractivity contribution in [2.24, 2.45) is 16.8 Å². The molecule has 0 spiro atoms. The Morgan fingerprint density at radius 1 is 1.19 bits per heavy atom. The van der Waals surface area contributed by atoms with Crippen LogP contribution in [0.15, 0.2) is 4.99 Å². The number of amidine groups is 1. The largest absolute Gasteiger partial charge is 0.359 e. The van der Waals surface area contributed by atoms with E-state index in [1.54, 1.807) is 0 Å². The summed E-state index contributed by atoms with van der Waals surface area (Å²) in [4.78, 5) is 4.90. The maximum atomic E-state index is 4.90. The van der Waals surface area contributed by atoms with E-state index in [2.05, 4.69) is 33.0 Å². The molecular weight excluding hydrogens is 216 g/mol. The molecule has 2 aliphatic rings. The van der Waals surface area contributed by atoms with Crippen molar-refractivity contribution in [3.63, 3.8) is 0 Å². The van der Waals surface area contributed by atoms with Gasteiger partial charge in [0, 0.05) is 11.3 Å². The lowest BCUT2D eigenvalue weighted by atomic mass is 9.81. The fourth-order valence-electron chi connectivity index (χ4n) is 2.86. The van der Waals surface area contributed by atoms with Crippen LogP contribution >= 0.6 is 11.8 Å². The summed E-state index contributed by atoms with van der Waals surface area (Å²) in [5.41, 5.74) is 0.232. The molecule has 2 atom stereocenters. The molecule has 1 saturated carbocycles. The number of aliphatic imine (C=N–C) groups is 1. The molecule has 0 amide bonds. The van der Waals surface area contributed by atoms with Crippen LogP contribution in [0.25, 0.3) is 0 Å². The zero-order valence-electron chi connectivity index (χ0n) is 10.9. The molecule has 2 unspecified atom stereocenters. The number of thioether (sulfide) groups is 1. The van der Waals surface area contributed by atoms with Crippen molar-refractivity contribution in [3.05, 3.63) is 0 Å². The van der Waals surface area contributed by atoms with Gasteiger partial charge in [-0.2, -0.15) is 0 Å². The van der Waals surface area contributed by atoms with Gasteiger partial charge < -0.3 is 5.32 Å². The van der Waals surface area contributed by atoms with Crippen molar-refractivity contribution < 1.29 is 0 Å². The Morgan fingerprint density at radius 3 is 2.31 bits per heavy atom. The molecule has 0 aromatic heterocycles. The van der Waals surface area contributed by atoms with E-state index in [0.717, 1.165) is 17.6 Å². The van der Waals surface area contributed by atoms with Gasteiger partial charge in [0.25, 0.3) is 0 Å². The van der Waals surface area contributed by atoms with Crippen LogP contribution in [0.3, 0.4) is 0 Å². The number of nitrogens with zero attached hydrogens (tertiary/aromatic N) is 1. The maximum Gasteiger partial charge on any atom is 0.157 e. The minimum absolute atomic E-state index is 0.232. The van der Waals surface area contributed by atoms with E-state index in [-0.39, 0.29) is 5.54 Å². The van der Waals surface area contributed by atoms with Crippen molar-refractivity contribution in [1.82, 2.24) is 5.32 Å². The molecule has 2 rings (SSSR count). The Bertz CT molecular complexity index is 276. The van der Waals surface area contributed by atoms with Gasteiger partial charge in [0.15, 0.2) is 5.17 Å². The van der Waals surface area contributed by atoms with E-state index in [1.807, 2.05) is 11.8 Å². The van der Waals surface area contributed by atoms with Crippen molar-refractivity contribution in [3.8, 4) is 0 Å². The predicted molar refractivity (Wildman–Crippen MR) is 73.1 cm³/mol. The minimum Gasteiger partial charge on any atom is -0.359 e. The third kappa shape index (κ3) is 3.16. The molecule has 0 aromatic rings. The van der Waals surface area contributed by atoms with Crippen molar-refractivity contribution in [1.29, 1.82) is 0 Å². The molecule has 1 aliphatic heterocycles. The smallest absolute Gasteiger partial charge is 0.157 e. The summed E-state index contributed by atoms with van der Waals surface area (Å²) in [5, 5.41) is 4.70. The minimum atomic E-state index is 0.232. The topological polar surface area (TPSA) is 24.4 Å². The lowest BCUT2D eigenvalue weighted by Crippen LogP contribution is -2.37. The van der Waals surface area contributed by atoms with Crippen LogP contribution in [0.4, 0.5) is 0 Å². The molecule has 0 aromatic carbocycles. The van der Waals surface area contributed by atoms with Gasteiger partial charge in [-0.05, 0) is 44.9 Å². The molecule has 1 saturated heterocycles. The first-order valence-electron chi connectivity index (χ1n) is 6.43. The highest BCUT2D eigenvalue weighted by Gasteiger charge is 2.29. The average Bonchev–Trinajstić information content (AvgIpc) is 2.43. The monoisotopic (exact) mass is 240 g/mol. The fraction of sp³-hybridized carbons (Fsp3) is 0.923. The predicted octanol–water partition coefficient (Wildman–Crippen LogP) is 3.28. The second kappa shape index (κ2) is 4.59. The van der Waals surface area contributed by atoms with Crippen LogP contribution in [0.5, 0.6) is 0 Å². The first-order chi connectivity index (χ1) is 7.44. The van der Waals surface area contributed by atoms with Gasteiger partial charge >= 0.3 is 0 Å². The number of hydrogen-bond acceptors (Lipinski definition) is 2. The average molecular weight is 240 g/mol. The standard InChI is InChI=1S/C13H24N2S/c1-9-5-10(2)7-11(6-9)14-12-15-13(3,4)8-16-12/h9-11H,5-8H2,1-4H3,(H,14,15). The quantitative estimate of drug-likeness (QED) is 0.760. The fourth-order valence-corrected chi connectivity index (χ4v) is 4.00. The number of hydrogen-bond donors (Lipinski definition) is 1. The highest BCUT2D eigenvalue weighted by Crippen LogP contribution is 2.32. The summed E-state index contributed by atoms with van der Waals surface area (Å²) in [6, 6.07) is 0.558. The molecule has 3 heteroatoms. The summed E-state index contributed by atoms with van der Waals surface area (Å²) in [7, 11) is 0. The van der Waals surface area contributed by atoms with E-state index >= 15 is 0 Å². The summed E-state index contributed by atoms with van der Waals surface area (Å²) < 4.78 is 0. The van der Waals surface area contributed by atoms with Gasteiger partial charge in [0.2, 0.25) is 0 Å². The Labute approximate surface area is 104 Å². The Morgan fingerprint density at radius 2 is 1.81 bits per heavy atom. The number of rotatable bonds is 1. The first-order valence-corrected chi connectivity index (χ1v) is 7.42. The van der Waals surface area contributed by atoms with Crippen LogP contribution in [-0.4, -0.2) is 22.5 Å². The molecule has 2 nitrogen and oxygen atoms in total. The van der Waals surface area contributed by atoms with E-state index in [1.165, 1.54) is 24.4 Å². The number of nitrogens with one attached hydrogen (secondary N) is 1. The molecule has 2 fully saturated rings. The highest BCUT2D eigenvalue weighted by molar-refractivity contribution is 8.14. The van der Waals surface area contributed by atoms with E-state index in [4.69, 9.17) is 4.99 Å². The van der Waals surface area contributed by atoms with Gasteiger partial charge in [-0.15, -0.1) is 0 Å². The first kappa shape index (κ1) is 12.3. The van der Waals surface area contributed by atoms with Gasteiger partial charge in [0.05, 0.1) is 6.04 Å². The van der Waals surface area contributed by atoms with Crippen LogP contribution in [-0.2, 0) is 0 Å². The van der Waals surface area contributed by atoms with Crippen LogP contribution in [0.1, 0.15) is 47.0 Å². The van der Waals surface area contributed by atoms with Crippen LogP contribution < -0.4 is 5.32 Å². The Kier molecular flexibility index (Phi) is 3.53. The normalized spacial score (nSPS) is 41.0. The molecule has 0 radical (unpaired) electrons. The molecule has 1 N–H and O–H groups in total. The molecule has 1 heterocycles. The zero-order chi connectivity index (χ0) is 11.8. The maximum absolute atomic E-state index is 4.90. The molecular formula is C13H24N2S. The SMILES string of the molecule is CC1CC(C)CC(N=C2NC(C)(C)CS2)C1. The molecule has 1 aliphatic carbocycles. The van der Waals surface area contributed by atoms with E-state index < -0.39 is 0 Å². The Hall–Kier alpha value is -0.180. The molecule has 16 heavy (non-hydrogen) atoms. The summed E-state index contributed by atoms with van der Waals surface area (Å²) in [6.45, 7) is 9.22. The van der Waals surface area contributed by atoms with Crippen LogP contribution in [0, 0.1) is 11.8 Å². The highest BCUT2D eigenvalue weighted by atomic mass is 32.2. The van der Waals surface area contributed by atoms with Crippen molar-refractivity contribution in [2.45, 2.75) is 58.5 Å². The summed E-state index contributed by atoms with van der Waals surface area (Å²) in [5.74, 6) is 2.83. The van der Waals surface area contributed by atoms with Crippen molar-refractivity contribution >= 4 is 16.9 Å². The lowest BCUT2D eigenvalue weighted by molar-refractivity contribution is 0.270. The summed E-state index contributed by atoms with van der Waals surface area (Å²) >= 11 is 1.88. The second-order valence-corrected chi connectivity index (χ2v) is 7.27. The Balaban J connectivity index is 1.96. The molecule has 0 bridgehead atoms. The van der Waals surface area contributed by atoms with E-state index in [9.17, 15) is 0 Å². The third-order valence-corrected chi connectivity index (χ3v) is 4.82. The van der Waals surface area contributed by atoms with Gasteiger partial charge in [-0.3, -0.25) is 4.99 Å². The zero-order valence-corrected chi connectivity index (χ0v) is 11.7. The second-order valence-electron chi connectivity index (χ2n) is 6.30. The summed E-state index contributed by atoms with van der Waals surface area (Å²) in [6.07, 6.45) is 3.93. The van der Waals surface area contributed by atoms with Crippen molar-refractivity contribution in [2.75, 3.05) is 5.75 Å². The van der Waals surface area contributed by atoms with Gasteiger partial charge in [-0.25, -0.2) is 0 Å². The molecule has 92 valence electrons. The van der Waals surface area contributed by atoms with Crippen LogP contribution in [0.2, 0.25) is 0 Å². The van der Waals surface area contributed by atoms with E-state index in [0.29, 0.717) is 6.04 Å². The van der Waals surface area contributed by atoms with Gasteiger partial charge in [-0.1, -0.05) is 25.6 Å². The lowest BCUT2D eigenvalue weighted by Gasteiger charge is -2.29.